The molecule has 2 N–H and O–H groups in total. The van der Waals surface area contributed by atoms with Gasteiger partial charge in [-0.05, 0) is 20.8 Å². The molecular formula is C11H18N4O. The maximum absolute atomic E-state index is 12.3. The van der Waals surface area contributed by atoms with E-state index in [0.717, 1.165) is 18.8 Å². The van der Waals surface area contributed by atoms with Crippen LogP contribution in [0.5, 0.6) is 0 Å². The van der Waals surface area contributed by atoms with Crippen LogP contribution in [0.25, 0.3) is 0 Å². The molecule has 2 heterocycles. The molecule has 1 saturated heterocycles. The summed E-state index contributed by atoms with van der Waals surface area (Å²) in [5, 5.41) is 10.0. The van der Waals surface area contributed by atoms with E-state index in [4.69, 9.17) is 0 Å². The maximum Gasteiger partial charge on any atom is 0.257 e. The zero-order valence-corrected chi connectivity index (χ0v) is 9.95. The number of nitrogens with one attached hydrogen (secondary N) is 2. The monoisotopic (exact) mass is 222 g/mol. The van der Waals surface area contributed by atoms with Crippen LogP contribution in [-0.2, 0) is 0 Å². The number of aryl methyl sites for hydroxylation is 1. The predicted octanol–water partition coefficient (Wildman–Crippen LogP) is 0.541. The standard InChI is InChI=1S/C11H18N4O/c1-7-4-12-5-8(2)15(7)11(16)10-6-13-14-9(10)3/h6-8,12H,4-5H2,1-3H3,(H,13,14). The number of hydrogen-bond acceptors (Lipinski definition) is 3. The molecule has 1 amide bonds. The van der Waals surface area contributed by atoms with Crippen LogP contribution in [0.2, 0.25) is 0 Å². The van der Waals surface area contributed by atoms with E-state index in [2.05, 4.69) is 29.4 Å². The van der Waals surface area contributed by atoms with Gasteiger partial charge in [0.15, 0.2) is 0 Å². The molecule has 5 heteroatoms. The van der Waals surface area contributed by atoms with Gasteiger partial charge in [0, 0.05) is 30.9 Å². The summed E-state index contributed by atoms with van der Waals surface area (Å²) >= 11 is 0. The van der Waals surface area contributed by atoms with E-state index in [-0.39, 0.29) is 18.0 Å². The minimum absolute atomic E-state index is 0.0766. The molecule has 1 fully saturated rings. The fraction of sp³-hybridized carbons (Fsp3) is 0.636. The Morgan fingerprint density at radius 2 is 2.06 bits per heavy atom. The van der Waals surface area contributed by atoms with E-state index >= 15 is 0 Å². The molecule has 1 aromatic heterocycles. The van der Waals surface area contributed by atoms with Gasteiger partial charge in [-0.25, -0.2) is 0 Å². The Morgan fingerprint density at radius 1 is 1.44 bits per heavy atom. The Labute approximate surface area is 95.2 Å². The van der Waals surface area contributed by atoms with Gasteiger partial charge in [-0.15, -0.1) is 0 Å². The highest BCUT2D eigenvalue weighted by Gasteiger charge is 2.30. The van der Waals surface area contributed by atoms with Gasteiger partial charge in [0.05, 0.1) is 11.8 Å². The smallest absolute Gasteiger partial charge is 0.257 e. The topological polar surface area (TPSA) is 61.0 Å². The highest BCUT2D eigenvalue weighted by Crippen LogP contribution is 2.15. The lowest BCUT2D eigenvalue weighted by atomic mass is 10.1. The Kier molecular flexibility index (Phi) is 2.96. The lowest BCUT2D eigenvalue weighted by Crippen LogP contribution is -2.57. The van der Waals surface area contributed by atoms with E-state index in [1.165, 1.54) is 0 Å². The molecule has 88 valence electrons. The van der Waals surface area contributed by atoms with Crippen LogP contribution in [0.15, 0.2) is 6.20 Å². The van der Waals surface area contributed by atoms with E-state index in [1.807, 2.05) is 11.8 Å². The second-order valence-electron chi connectivity index (χ2n) is 4.48. The Morgan fingerprint density at radius 3 is 2.56 bits per heavy atom. The summed E-state index contributed by atoms with van der Waals surface area (Å²) in [5.74, 6) is 0.0766. The summed E-state index contributed by atoms with van der Waals surface area (Å²) in [6.45, 7) is 7.71. The fourth-order valence-electron chi connectivity index (χ4n) is 2.24. The van der Waals surface area contributed by atoms with Crippen LogP contribution in [0.4, 0.5) is 0 Å². The first-order chi connectivity index (χ1) is 7.61. The van der Waals surface area contributed by atoms with Gasteiger partial charge in [-0.3, -0.25) is 9.89 Å². The van der Waals surface area contributed by atoms with Crippen LogP contribution in [-0.4, -0.2) is 46.2 Å². The Hall–Kier alpha value is -1.36. The number of amides is 1. The lowest BCUT2D eigenvalue weighted by molar-refractivity contribution is 0.0544. The molecule has 0 aliphatic carbocycles. The number of H-pyrrole nitrogens is 1. The van der Waals surface area contributed by atoms with Crippen molar-refractivity contribution in [2.75, 3.05) is 13.1 Å². The van der Waals surface area contributed by atoms with Crippen LogP contribution < -0.4 is 5.32 Å². The number of aromatic amines is 1. The second kappa shape index (κ2) is 4.25. The summed E-state index contributed by atoms with van der Waals surface area (Å²) < 4.78 is 0. The minimum Gasteiger partial charge on any atom is -0.331 e. The summed E-state index contributed by atoms with van der Waals surface area (Å²) in [6.07, 6.45) is 1.61. The molecule has 2 rings (SSSR count). The third-order valence-corrected chi connectivity index (χ3v) is 3.12. The zero-order valence-electron chi connectivity index (χ0n) is 9.95. The molecule has 0 bridgehead atoms. The van der Waals surface area contributed by atoms with Gasteiger partial charge < -0.3 is 10.2 Å². The number of hydrogen-bond donors (Lipinski definition) is 2. The molecule has 0 aromatic carbocycles. The summed E-state index contributed by atoms with van der Waals surface area (Å²) in [4.78, 5) is 14.3. The molecule has 0 spiro atoms. The zero-order chi connectivity index (χ0) is 11.7. The number of carbonyl (C=O) groups excluding carboxylic acids is 1. The van der Waals surface area contributed by atoms with Crippen molar-refractivity contribution in [3.63, 3.8) is 0 Å². The summed E-state index contributed by atoms with van der Waals surface area (Å²) in [7, 11) is 0. The molecule has 2 unspecified atom stereocenters. The molecule has 5 nitrogen and oxygen atoms in total. The van der Waals surface area contributed by atoms with Crippen LogP contribution in [0.1, 0.15) is 29.9 Å². The van der Waals surface area contributed by atoms with Gasteiger partial charge in [0.2, 0.25) is 0 Å². The highest BCUT2D eigenvalue weighted by atomic mass is 16.2. The summed E-state index contributed by atoms with van der Waals surface area (Å²) in [5.41, 5.74) is 1.52. The first kappa shape index (κ1) is 11.1. The van der Waals surface area contributed by atoms with E-state index in [0.29, 0.717) is 5.56 Å². The Bertz CT molecular complexity index is 377. The van der Waals surface area contributed by atoms with Crippen molar-refractivity contribution in [2.45, 2.75) is 32.9 Å². The molecular weight excluding hydrogens is 204 g/mol. The predicted molar refractivity (Wildman–Crippen MR) is 61.3 cm³/mol. The SMILES string of the molecule is Cc1[nH]ncc1C(=O)N1C(C)CNCC1C. The largest absolute Gasteiger partial charge is 0.331 e. The number of nitrogens with zero attached hydrogens (tertiary/aromatic N) is 2. The maximum atomic E-state index is 12.3. The Balaban J connectivity index is 2.23. The third-order valence-electron chi connectivity index (χ3n) is 3.12. The normalized spacial score (nSPS) is 25.8. The average molecular weight is 222 g/mol. The van der Waals surface area contributed by atoms with Gasteiger partial charge in [0.1, 0.15) is 0 Å². The number of aromatic nitrogens is 2. The average Bonchev–Trinajstić information content (AvgIpc) is 2.64. The lowest BCUT2D eigenvalue weighted by Gasteiger charge is -2.39. The molecule has 16 heavy (non-hydrogen) atoms. The fourth-order valence-corrected chi connectivity index (χ4v) is 2.24. The van der Waals surface area contributed by atoms with Gasteiger partial charge >= 0.3 is 0 Å². The minimum atomic E-state index is 0.0766. The van der Waals surface area contributed by atoms with E-state index in [1.54, 1.807) is 6.20 Å². The molecule has 1 aromatic rings. The van der Waals surface area contributed by atoms with Gasteiger partial charge in [-0.2, -0.15) is 5.10 Å². The van der Waals surface area contributed by atoms with Crippen LogP contribution >= 0.6 is 0 Å². The van der Waals surface area contributed by atoms with E-state index in [9.17, 15) is 4.79 Å². The van der Waals surface area contributed by atoms with Crippen molar-refractivity contribution >= 4 is 5.91 Å². The quantitative estimate of drug-likeness (QED) is 0.729. The van der Waals surface area contributed by atoms with Crippen molar-refractivity contribution < 1.29 is 4.79 Å². The number of rotatable bonds is 1. The first-order valence-electron chi connectivity index (χ1n) is 5.64. The van der Waals surface area contributed by atoms with Crippen molar-refractivity contribution in [3.05, 3.63) is 17.5 Å². The molecule has 0 saturated carbocycles. The highest BCUT2D eigenvalue weighted by molar-refractivity contribution is 5.95. The third kappa shape index (κ3) is 1.82. The number of piperazine rings is 1. The van der Waals surface area contributed by atoms with Gasteiger partial charge in [0.25, 0.3) is 5.91 Å². The van der Waals surface area contributed by atoms with Crippen molar-refractivity contribution in [1.29, 1.82) is 0 Å². The van der Waals surface area contributed by atoms with Crippen LogP contribution in [0, 0.1) is 6.92 Å². The van der Waals surface area contributed by atoms with E-state index < -0.39 is 0 Å². The number of carbonyl (C=O) groups is 1. The van der Waals surface area contributed by atoms with Gasteiger partial charge in [-0.1, -0.05) is 0 Å². The first-order valence-corrected chi connectivity index (χ1v) is 5.64. The molecule has 1 aliphatic heterocycles. The molecule has 1 aliphatic rings. The second-order valence-corrected chi connectivity index (χ2v) is 4.48. The van der Waals surface area contributed by atoms with Crippen molar-refractivity contribution in [2.24, 2.45) is 0 Å². The molecule has 0 radical (unpaired) electrons. The molecule has 2 atom stereocenters. The van der Waals surface area contributed by atoms with Crippen molar-refractivity contribution in [1.82, 2.24) is 20.4 Å². The van der Waals surface area contributed by atoms with Crippen molar-refractivity contribution in [3.8, 4) is 0 Å². The van der Waals surface area contributed by atoms with Crippen LogP contribution in [0.3, 0.4) is 0 Å². The summed E-state index contributed by atoms with van der Waals surface area (Å²) in [6, 6.07) is 0.455.